The highest BCUT2D eigenvalue weighted by molar-refractivity contribution is 6.78. The van der Waals surface area contributed by atoms with Crippen LogP contribution in [0.2, 0.25) is 6.32 Å². The number of hydrogen-bond acceptors (Lipinski definition) is 3. The second kappa shape index (κ2) is 24.2. The van der Waals surface area contributed by atoms with Crippen LogP contribution in [0.25, 0.3) is 10.9 Å². The molecule has 4 nitrogen and oxygen atoms in total. The lowest BCUT2D eigenvalue weighted by atomic mass is 9.16. The molecule has 0 radical (unpaired) electrons. The number of nitrogens with zero attached hydrogens (tertiary/aromatic N) is 1. The van der Waals surface area contributed by atoms with Crippen LogP contribution in [0.5, 0.6) is 17.2 Å². The second-order valence-corrected chi connectivity index (χ2v) is 15.5. The Morgan fingerprint density at radius 1 is 0.444 bits per heavy atom. The van der Waals surface area contributed by atoms with Gasteiger partial charge < -0.3 is 14.2 Å². The first-order valence-electron chi connectivity index (χ1n) is 21.0. The van der Waals surface area contributed by atoms with Gasteiger partial charge in [-0.25, -0.2) is 0 Å². The Labute approximate surface area is 328 Å². The van der Waals surface area contributed by atoms with E-state index in [1.807, 2.05) is 0 Å². The summed E-state index contributed by atoms with van der Waals surface area (Å²) in [5, 5.41) is 1.34. The fraction of sp³-hybridized carbons (Fsp3) is 0.449. The first-order chi connectivity index (χ1) is 26.5. The normalized spacial score (nSPS) is 11.2. The highest BCUT2D eigenvalue weighted by Crippen LogP contribution is 2.31. The number of pyridine rings is 1. The lowest BCUT2D eigenvalue weighted by Crippen LogP contribution is -2.43. The highest BCUT2D eigenvalue weighted by atomic mass is 16.5. The monoisotopic (exact) mass is 730 g/mol. The first-order valence-corrected chi connectivity index (χ1v) is 21.0. The van der Waals surface area contributed by atoms with Crippen LogP contribution in [-0.2, 0) is 25.5 Å². The zero-order chi connectivity index (χ0) is 38.3. The summed E-state index contributed by atoms with van der Waals surface area (Å²) in [6, 6.07) is 39.1. The Bertz CT molecular complexity index is 1590. The van der Waals surface area contributed by atoms with Gasteiger partial charge in [-0.05, 0) is 55.0 Å². The predicted molar refractivity (Wildman–Crippen MR) is 232 cm³/mol. The Balaban J connectivity index is 0.000000301. The smallest absolute Gasteiger partial charge is 0.212 e. The maximum atomic E-state index is 5.43. The third-order valence-corrected chi connectivity index (χ3v) is 11.2. The van der Waals surface area contributed by atoms with Crippen LogP contribution < -0.4 is 18.8 Å². The molecule has 0 aliphatic carbocycles. The van der Waals surface area contributed by atoms with Crippen molar-refractivity contribution in [3.8, 4) is 17.2 Å². The van der Waals surface area contributed by atoms with Crippen molar-refractivity contribution in [2.24, 2.45) is 0 Å². The molecular weight excluding hydrogens is 661 g/mol. The minimum Gasteiger partial charge on any atom is -0.497 e. The number of benzene rings is 4. The van der Waals surface area contributed by atoms with E-state index in [0.29, 0.717) is 0 Å². The van der Waals surface area contributed by atoms with E-state index in [2.05, 4.69) is 134 Å². The largest absolute Gasteiger partial charge is 0.497 e. The van der Waals surface area contributed by atoms with Crippen LogP contribution in [0, 0.1) is 0 Å². The van der Waals surface area contributed by atoms with E-state index in [9.17, 15) is 0 Å². The maximum absolute atomic E-state index is 5.43. The molecule has 1 aromatic heterocycles. The third-order valence-electron chi connectivity index (χ3n) is 11.2. The average molecular weight is 730 g/mol. The van der Waals surface area contributed by atoms with Crippen molar-refractivity contribution in [2.75, 3.05) is 21.3 Å². The number of aryl methyl sites for hydroxylation is 1. The topological polar surface area (TPSA) is 31.6 Å². The Morgan fingerprint density at radius 3 is 1.31 bits per heavy atom. The number of methoxy groups -OCH3 is 3. The number of para-hydroxylation sites is 1. The molecule has 0 atom stereocenters. The van der Waals surface area contributed by atoms with Crippen molar-refractivity contribution in [3.05, 3.63) is 132 Å². The number of rotatable bonds is 23. The summed E-state index contributed by atoms with van der Waals surface area (Å²) < 4.78 is 18.7. The zero-order valence-corrected chi connectivity index (χ0v) is 34.2. The third kappa shape index (κ3) is 14.5. The SMILES string of the molecule is CCCCCCCC[B-](Cc1ccc(OC)cc1)(Cc1ccc(OC)cc1)Cc1ccc(OC)cc1.CCCCCCCC[n+]1cccc2ccccc21. The number of aromatic nitrogens is 1. The van der Waals surface area contributed by atoms with Crippen LogP contribution in [0.1, 0.15) is 108 Å². The Hall–Kier alpha value is -4.25. The summed E-state index contributed by atoms with van der Waals surface area (Å²) in [4.78, 5) is 0. The van der Waals surface area contributed by atoms with E-state index in [4.69, 9.17) is 14.2 Å². The van der Waals surface area contributed by atoms with Crippen molar-refractivity contribution in [1.29, 1.82) is 0 Å². The molecular formula is C49H68BNO3. The van der Waals surface area contributed by atoms with Gasteiger partial charge in [-0.1, -0.05) is 143 Å². The molecule has 0 fully saturated rings. The van der Waals surface area contributed by atoms with Gasteiger partial charge in [0.25, 0.3) is 0 Å². The summed E-state index contributed by atoms with van der Waals surface area (Å²) in [6.45, 7) is 5.70. The van der Waals surface area contributed by atoms with Gasteiger partial charge in [0.2, 0.25) is 5.52 Å². The van der Waals surface area contributed by atoms with Crippen LogP contribution in [0.15, 0.2) is 115 Å². The van der Waals surface area contributed by atoms with Crippen molar-refractivity contribution < 1.29 is 18.8 Å². The maximum Gasteiger partial charge on any atom is 0.212 e. The standard InChI is InChI=1S/C32H44BO3.C17H24N/c1-5-6-7-8-9-10-23-33(24-27-11-17-30(34-2)18-12-27,25-28-13-19-31(35-3)20-14-28)26-29-15-21-32(36-4)22-16-29;1-2-3-4-5-6-9-14-18-15-10-12-16-11-7-8-13-17(16)18/h11-22H,5-10,23-26H2,1-4H3;7-8,10-13,15H,2-6,9,14H2,1H3/q-1;+1. The van der Waals surface area contributed by atoms with Gasteiger partial charge in [-0.15, -0.1) is 0 Å². The molecule has 0 saturated carbocycles. The zero-order valence-electron chi connectivity index (χ0n) is 34.2. The fourth-order valence-corrected chi connectivity index (χ4v) is 8.14. The molecule has 0 unspecified atom stereocenters. The summed E-state index contributed by atoms with van der Waals surface area (Å²) in [5.74, 6) is 2.74. The summed E-state index contributed by atoms with van der Waals surface area (Å²) in [7, 11) is 5.19. The van der Waals surface area contributed by atoms with E-state index in [1.54, 1.807) is 21.3 Å². The summed E-state index contributed by atoms with van der Waals surface area (Å²) in [6.07, 6.45) is 22.1. The molecule has 0 aliphatic rings. The molecule has 5 heteroatoms. The average Bonchev–Trinajstić information content (AvgIpc) is 3.21. The molecule has 5 aromatic rings. The predicted octanol–water partition coefficient (Wildman–Crippen LogP) is 12.7. The van der Waals surface area contributed by atoms with Crippen molar-refractivity contribution in [1.82, 2.24) is 0 Å². The van der Waals surface area contributed by atoms with Crippen LogP contribution in [-0.4, -0.2) is 27.5 Å². The van der Waals surface area contributed by atoms with Gasteiger partial charge >= 0.3 is 0 Å². The molecule has 290 valence electrons. The minimum absolute atomic E-state index is 0.744. The lowest BCUT2D eigenvalue weighted by molar-refractivity contribution is -0.671. The van der Waals surface area contributed by atoms with E-state index in [1.165, 1.54) is 111 Å². The quantitative estimate of drug-likeness (QED) is 0.0381. The van der Waals surface area contributed by atoms with Gasteiger partial charge in [0.05, 0.1) is 21.3 Å². The van der Waals surface area contributed by atoms with Crippen LogP contribution in [0.3, 0.4) is 0 Å². The molecule has 0 spiro atoms. The highest BCUT2D eigenvalue weighted by Gasteiger charge is 2.26. The van der Waals surface area contributed by atoms with Crippen molar-refractivity contribution >= 4 is 17.0 Å². The fourth-order valence-electron chi connectivity index (χ4n) is 8.14. The van der Waals surface area contributed by atoms with Gasteiger partial charge in [-0.3, -0.25) is 0 Å². The second-order valence-electron chi connectivity index (χ2n) is 15.5. The molecule has 0 saturated heterocycles. The summed E-state index contributed by atoms with van der Waals surface area (Å²) in [5.41, 5.74) is 5.53. The van der Waals surface area contributed by atoms with E-state index >= 15 is 0 Å². The molecule has 0 bridgehead atoms. The first kappa shape index (κ1) is 42.5. The van der Waals surface area contributed by atoms with Gasteiger partial charge in [0.15, 0.2) is 6.20 Å². The van der Waals surface area contributed by atoms with Crippen molar-refractivity contribution in [2.45, 2.75) is 123 Å². The van der Waals surface area contributed by atoms with Crippen LogP contribution >= 0.6 is 0 Å². The van der Waals surface area contributed by atoms with E-state index in [-0.39, 0.29) is 0 Å². The van der Waals surface area contributed by atoms with E-state index in [0.717, 1.165) is 42.8 Å². The van der Waals surface area contributed by atoms with E-state index < -0.39 is 6.15 Å². The molecule has 0 N–H and O–H groups in total. The number of unbranched alkanes of at least 4 members (excludes halogenated alkanes) is 10. The molecule has 0 amide bonds. The van der Waals surface area contributed by atoms with Gasteiger partial charge in [0.1, 0.15) is 23.8 Å². The van der Waals surface area contributed by atoms with Gasteiger partial charge in [-0.2, -0.15) is 29.8 Å². The molecule has 0 aliphatic heterocycles. The molecule has 4 aromatic carbocycles. The number of ether oxygens (including phenoxy) is 3. The number of hydrogen-bond donors (Lipinski definition) is 0. The number of fused-ring (bicyclic) bond motifs is 1. The van der Waals surface area contributed by atoms with Crippen molar-refractivity contribution in [3.63, 3.8) is 0 Å². The van der Waals surface area contributed by atoms with Gasteiger partial charge in [0, 0.05) is 30.1 Å². The minimum atomic E-state index is -0.744. The molecule has 5 rings (SSSR count). The summed E-state index contributed by atoms with van der Waals surface area (Å²) >= 11 is 0. The Kier molecular flexibility index (Phi) is 19.1. The Morgan fingerprint density at radius 2 is 0.852 bits per heavy atom. The molecule has 1 heterocycles. The van der Waals surface area contributed by atoms with Crippen LogP contribution in [0.4, 0.5) is 0 Å². The molecule has 54 heavy (non-hydrogen) atoms. The lowest BCUT2D eigenvalue weighted by Gasteiger charge is -2.41.